The van der Waals surface area contributed by atoms with Gasteiger partial charge < -0.3 is 15.5 Å². The molecule has 206 valence electrons. The highest BCUT2D eigenvalue weighted by molar-refractivity contribution is 6.25. The van der Waals surface area contributed by atoms with Crippen LogP contribution in [-0.2, 0) is 16.1 Å². The summed E-state index contributed by atoms with van der Waals surface area (Å²) in [5, 5.41) is 20.0. The number of nitrogens with zero attached hydrogens (tertiary/aromatic N) is 5. The topological polar surface area (TPSA) is 140 Å². The van der Waals surface area contributed by atoms with Crippen LogP contribution in [0.4, 0.5) is 5.69 Å². The average Bonchev–Trinajstić information content (AvgIpc) is 3.50. The number of rotatable bonds is 6. The summed E-state index contributed by atoms with van der Waals surface area (Å²) in [4.78, 5) is 54.7. The van der Waals surface area contributed by atoms with Crippen LogP contribution in [0.25, 0.3) is 0 Å². The Balaban J connectivity index is 1.09. The predicted molar refractivity (Wildman–Crippen MR) is 144 cm³/mol. The van der Waals surface area contributed by atoms with Gasteiger partial charge in [-0.25, -0.2) is 0 Å². The average molecular weight is 542 g/mol. The van der Waals surface area contributed by atoms with Crippen LogP contribution >= 0.6 is 0 Å². The number of amides is 4. The van der Waals surface area contributed by atoms with Crippen LogP contribution in [0, 0.1) is 16.7 Å². The molecule has 2 aromatic rings. The molecule has 2 N–H and O–H groups in total. The molecule has 1 aromatic heterocycles. The number of benzene rings is 1. The molecule has 4 heterocycles. The first-order chi connectivity index (χ1) is 19.3. The number of carbonyl (C=O) groups excluding carboxylic acids is 4. The molecule has 0 radical (unpaired) electrons. The number of hydrogen-bond acceptors (Lipinski definition) is 7. The van der Waals surface area contributed by atoms with Gasteiger partial charge in [0.05, 0.1) is 29.4 Å². The zero-order valence-corrected chi connectivity index (χ0v) is 22.2. The van der Waals surface area contributed by atoms with Gasteiger partial charge in [0.15, 0.2) is 0 Å². The Morgan fingerprint density at radius 3 is 2.62 bits per heavy atom. The van der Waals surface area contributed by atoms with E-state index in [2.05, 4.69) is 28.4 Å². The number of anilines is 1. The van der Waals surface area contributed by atoms with E-state index in [1.54, 1.807) is 24.4 Å². The molecule has 4 amide bonds. The second-order valence-electron chi connectivity index (χ2n) is 11.1. The summed E-state index contributed by atoms with van der Waals surface area (Å²) in [6.45, 7) is 5.37. The van der Waals surface area contributed by atoms with Crippen molar-refractivity contribution in [3.05, 3.63) is 59.6 Å². The quantitative estimate of drug-likeness (QED) is 0.536. The van der Waals surface area contributed by atoms with E-state index in [0.717, 1.165) is 29.7 Å². The van der Waals surface area contributed by atoms with Crippen molar-refractivity contribution in [2.75, 3.05) is 18.4 Å². The van der Waals surface area contributed by atoms with Crippen LogP contribution in [0.2, 0.25) is 0 Å². The number of allylic oxidation sites excluding steroid dienone is 1. The molecule has 0 bridgehead atoms. The molecule has 2 saturated heterocycles. The number of aromatic nitrogens is 2. The summed E-state index contributed by atoms with van der Waals surface area (Å²) in [5.74, 6) is -1.36. The summed E-state index contributed by atoms with van der Waals surface area (Å²) in [5.41, 5.74) is 1.77. The lowest BCUT2D eigenvalue weighted by Crippen LogP contribution is -2.51. The minimum Gasteiger partial charge on any atom is -0.380 e. The van der Waals surface area contributed by atoms with Gasteiger partial charge in [-0.15, -0.1) is 0 Å². The highest BCUT2D eigenvalue weighted by Crippen LogP contribution is 2.42. The van der Waals surface area contributed by atoms with Crippen molar-refractivity contribution < 1.29 is 19.2 Å². The van der Waals surface area contributed by atoms with Crippen molar-refractivity contribution in [3.8, 4) is 6.07 Å². The fraction of sp³-hybridized carbons (Fsp3) is 0.448. The molecule has 40 heavy (non-hydrogen) atoms. The van der Waals surface area contributed by atoms with Crippen molar-refractivity contribution in [1.29, 1.82) is 5.26 Å². The molecule has 4 aliphatic rings. The Morgan fingerprint density at radius 2 is 1.95 bits per heavy atom. The van der Waals surface area contributed by atoms with E-state index in [0.29, 0.717) is 56.7 Å². The van der Waals surface area contributed by atoms with Crippen molar-refractivity contribution in [2.45, 2.75) is 63.6 Å². The highest BCUT2D eigenvalue weighted by Gasteiger charge is 2.47. The van der Waals surface area contributed by atoms with Gasteiger partial charge in [0, 0.05) is 42.8 Å². The number of nitrogens with one attached hydrogen (secondary N) is 2. The van der Waals surface area contributed by atoms with E-state index in [1.807, 2.05) is 15.8 Å². The lowest BCUT2D eigenvalue weighted by Gasteiger charge is -2.40. The summed E-state index contributed by atoms with van der Waals surface area (Å²) in [7, 11) is 0. The zero-order chi connectivity index (χ0) is 28.0. The van der Waals surface area contributed by atoms with E-state index in [-0.39, 0.29) is 23.1 Å². The Morgan fingerprint density at radius 1 is 1.18 bits per heavy atom. The molecule has 1 atom stereocenters. The van der Waals surface area contributed by atoms with E-state index in [4.69, 9.17) is 0 Å². The molecule has 1 aromatic carbocycles. The number of piperidine rings is 2. The van der Waals surface area contributed by atoms with Crippen LogP contribution < -0.4 is 10.6 Å². The second kappa shape index (κ2) is 9.93. The molecule has 6 rings (SSSR count). The monoisotopic (exact) mass is 541 g/mol. The highest BCUT2D eigenvalue weighted by atomic mass is 16.2. The zero-order valence-electron chi connectivity index (χ0n) is 22.2. The fourth-order valence-corrected chi connectivity index (χ4v) is 6.15. The van der Waals surface area contributed by atoms with Crippen molar-refractivity contribution in [1.82, 2.24) is 24.9 Å². The summed E-state index contributed by atoms with van der Waals surface area (Å²) < 4.78 is 1.92. The predicted octanol–water partition coefficient (Wildman–Crippen LogP) is 2.74. The lowest BCUT2D eigenvalue weighted by molar-refractivity contribution is -0.144. The maximum absolute atomic E-state index is 13.4. The minimum absolute atomic E-state index is 0.0263. The van der Waals surface area contributed by atoms with Crippen LogP contribution in [0.5, 0.6) is 0 Å². The fourth-order valence-electron chi connectivity index (χ4n) is 6.15. The Hall–Kier alpha value is -4.46. The van der Waals surface area contributed by atoms with Gasteiger partial charge in [0.1, 0.15) is 11.5 Å². The van der Waals surface area contributed by atoms with Gasteiger partial charge >= 0.3 is 0 Å². The van der Waals surface area contributed by atoms with Gasteiger partial charge in [0.25, 0.3) is 11.8 Å². The smallest absolute Gasteiger partial charge is 0.264 e. The molecule has 3 fully saturated rings. The van der Waals surface area contributed by atoms with Gasteiger partial charge in [-0.05, 0) is 57.1 Å². The van der Waals surface area contributed by atoms with E-state index in [1.165, 1.54) is 0 Å². The molecule has 3 aliphatic heterocycles. The van der Waals surface area contributed by atoms with Crippen LogP contribution in [0.1, 0.15) is 77.3 Å². The first kappa shape index (κ1) is 25.8. The third-order valence-electron chi connectivity index (χ3n) is 8.67. The molecule has 1 aliphatic carbocycles. The summed E-state index contributed by atoms with van der Waals surface area (Å²) >= 11 is 0. The number of carbonyl (C=O) groups is 4. The van der Waals surface area contributed by atoms with E-state index in [9.17, 15) is 24.4 Å². The summed E-state index contributed by atoms with van der Waals surface area (Å²) in [6, 6.07) is 6.63. The third kappa shape index (κ3) is 4.24. The third-order valence-corrected chi connectivity index (χ3v) is 8.67. The minimum atomic E-state index is -0.857. The Labute approximate surface area is 231 Å². The molecule has 11 nitrogen and oxygen atoms in total. The number of imide groups is 1. The Bertz CT molecular complexity index is 1460. The first-order valence-corrected chi connectivity index (χ1v) is 13.8. The molecular formula is C29H31N7O4. The van der Waals surface area contributed by atoms with Crippen molar-refractivity contribution in [3.63, 3.8) is 0 Å². The van der Waals surface area contributed by atoms with Gasteiger partial charge in [0.2, 0.25) is 11.8 Å². The number of likely N-dealkylation sites (tertiary alicyclic amines) is 1. The number of hydrogen-bond donors (Lipinski definition) is 2. The number of nitriles is 1. The summed E-state index contributed by atoms with van der Waals surface area (Å²) in [6.07, 6.45) is 8.37. The molecule has 1 unspecified atom stereocenters. The normalized spacial score (nSPS) is 22.4. The van der Waals surface area contributed by atoms with Crippen molar-refractivity contribution >= 4 is 29.3 Å². The van der Waals surface area contributed by atoms with Crippen LogP contribution in [0.15, 0.2) is 42.9 Å². The first-order valence-electron chi connectivity index (χ1n) is 13.8. The second-order valence-corrected chi connectivity index (χ2v) is 11.1. The number of fused-ring (bicyclic) bond motifs is 1. The lowest BCUT2D eigenvalue weighted by atomic mass is 9.69. The maximum Gasteiger partial charge on any atom is 0.264 e. The SMILES string of the molecule is C=C1CCC(N2C(=O)c3cccc(NCc4cnn(C5CCN(C(=O)C6(C#N)CCC6)CC5)c4)c3C2=O)C(=O)N1. The van der Waals surface area contributed by atoms with Gasteiger partial charge in [-0.3, -0.25) is 28.8 Å². The molecular weight excluding hydrogens is 510 g/mol. The van der Waals surface area contributed by atoms with Gasteiger partial charge in [-0.1, -0.05) is 12.6 Å². The Kier molecular flexibility index (Phi) is 6.41. The molecule has 0 spiro atoms. The van der Waals surface area contributed by atoms with Gasteiger partial charge in [-0.2, -0.15) is 10.4 Å². The maximum atomic E-state index is 13.4. The standard InChI is InChI=1S/C29H31N7O4/c1-18-6-7-23(25(37)33-18)36-26(38)21-4-2-5-22(24(21)27(36)39)31-14-19-15-32-35(16-19)20-8-12-34(13-9-20)28(40)29(17-30)10-3-11-29/h2,4-5,15-16,20,23,31H,1,3,6-14H2,(H,33,37). The van der Waals surface area contributed by atoms with Crippen LogP contribution in [0.3, 0.4) is 0 Å². The van der Waals surface area contributed by atoms with Crippen molar-refractivity contribution in [2.24, 2.45) is 5.41 Å². The largest absolute Gasteiger partial charge is 0.380 e. The van der Waals surface area contributed by atoms with E-state index >= 15 is 0 Å². The van der Waals surface area contributed by atoms with E-state index < -0.39 is 29.2 Å². The molecule has 1 saturated carbocycles. The van der Waals surface area contributed by atoms with Crippen LogP contribution in [-0.4, -0.2) is 62.3 Å². The molecule has 11 heteroatoms.